The Bertz CT molecular complexity index is 618. The molecule has 0 atom stereocenters. The van der Waals surface area contributed by atoms with Crippen LogP contribution in [0.25, 0.3) is 0 Å². The van der Waals surface area contributed by atoms with E-state index in [4.69, 9.17) is 16.9 Å². The van der Waals surface area contributed by atoms with Crippen LogP contribution in [0, 0.1) is 17.2 Å². The van der Waals surface area contributed by atoms with Gasteiger partial charge in [0.25, 0.3) is 0 Å². The number of nitrogens with zero attached hydrogens (tertiary/aromatic N) is 2. The van der Waals surface area contributed by atoms with Crippen molar-refractivity contribution in [3.05, 3.63) is 28.8 Å². The molecule has 0 radical (unpaired) electrons. The first kappa shape index (κ1) is 14.3. The Morgan fingerprint density at radius 3 is 2.68 bits per heavy atom. The summed E-state index contributed by atoms with van der Waals surface area (Å²) in [6, 6.07) is 6.21. The molecule has 0 bridgehead atoms. The Kier molecular flexibility index (Phi) is 4.14. The molecule has 6 heteroatoms. The van der Waals surface area contributed by atoms with E-state index in [-0.39, 0.29) is 9.92 Å². The fourth-order valence-electron chi connectivity index (χ4n) is 2.08. The van der Waals surface area contributed by atoms with Gasteiger partial charge in [-0.25, -0.2) is 12.7 Å². The maximum absolute atomic E-state index is 12.4. The van der Waals surface area contributed by atoms with E-state index < -0.39 is 10.0 Å². The predicted molar refractivity (Wildman–Crippen MR) is 73.3 cm³/mol. The number of benzene rings is 1. The average molecular weight is 299 g/mol. The van der Waals surface area contributed by atoms with Crippen LogP contribution < -0.4 is 0 Å². The molecule has 0 N–H and O–H groups in total. The van der Waals surface area contributed by atoms with Crippen molar-refractivity contribution in [1.29, 1.82) is 5.26 Å². The van der Waals surface area contributed by atoms with Gasteiger partial charge in [-0.3, -0.25) is 0 Å². The van der Waals surface area contributed by atoms with Gasteiger partial charge < -0.3 is 0 Å². The second-order valence-electron chi connectivity index (χ2n) is 4.84. The van der Waals surface area contributed by atoms with Crippen molar-refractivity contribution < 1.29 is 8.42 Å². The van der Waals surface area contributed by atoms with E-state index >= 15 is 0 Å². The molecule has 1 aliphatic rings. The molecule has 19 heavy (non-hydrogen) atoms. The van der Waals surface area contributed by atoms with Crippen molar-refractivity contribution in [2.24, 2.45) is 5.92 Å². The third-order valence-corrected chi connectivity index (χ3v) is 5.79. The first-order valence-corrected chi connectivity index (χ1v) is 7.93. The Hall–Kier alpha value is -1.09. The predicted octanol–water partition coefficient (Wildman–Crippen LogP) is 2.63. The summed E-state index contributed by atoms with van der Waals surface area (Å²) in [6.07, 6.45) is 3.32. The van der Waals surface area contributed by atoms with E-state index in [0.717, 1.165) is 12.8 Å². The van der Waals surface area contributed by atoms with Gasteiger partial charge in [-0.1, -0.05) is 18.0 Å². The van der Waals surface area contributed by atoms with E-state index in [1.54, 1.807) is 7.05 Å². The van der Waals surface area contributed by atoms with Gasteiger partial charge in [0.2, 0.25) is 10.0 Å². The van der Waals surface area contributed by atoms with Gasteiger partial charge in [0.1, 0.15) is 4.90 Å². The van der Waals surface area contributed by atoms with Crippen molar-refractivity contribution in [3.8, 4) is 6.07 Å². The van der Waals surface area contributed by atoms with Gasteiger partial charge in [0.15, 0.2) is 0 Å². The minimum Gasteiger partial charge on any atom is -0.207 e. The molecule has 102 valence electrons. The molecule has 0 unspecified atom stereocenters. The van der Waals surface area contributed by atoms with E-state index in [0.29, 0.717) is 18.0 Å². The summed E-state index contributed by atoms with van der Waals surface area (Å²) in [5, 5.41) is 9.00. The zero-order valence-corrected chi connectivity index (χ0v) is 12.2. The van der Waals surface area contributed by atoms with Gasteiger partial charge >= 0.3 is 0 Å². The monoisotopic (exact) mass is 298 g/mol. The zero-order valence-electron chi connectivity index (χ0n) is 10.6. The highest BCUT2D eigenvalue weighted by Gasteiger charge is 2.28. The molecule has 1 saturated carbocycles. The number of sulfonamides is 1. The van der Waals surface area contributed by atoms with Crippen LogP contribution in [0.2, 0.25) is 5.02 Å². The summed E-state index contributed by atoms with van der Waals surface area (Å²) in [6.45, 7) is 0.509. The highest BCUT2D eigenvalue weighted by molar-refractivity contribution is 7.89. The van der Waals surface area contributed by atoms with Gasteiger partial charge in [0, 0.05) is 13.6 Å². The SMILES string of the molecule is CN(CC1CCC1)S(=O)(=O)c1cc(C#N)ccc1Cl. The van der Waals surface area contributed by atoms with Gasteiger partial charge in [-0.2, -0.15) is 5.26 Å². The summed E-state index contributed by atoms with van der Waals surface area (Å²) in [7, 11) is -2.06. The van der Waals surface area contributed by atoms with E-state index in [9.17, 15) is 8.42 Å². The Morgan fingerprint density at radius 1 is 1.47 bits per heavy atom. The lowest BCUT2D eigenvalue weighted by atomic mass is 9.86. The molecule has 0 aliphatic heterocycles. The van der Waals surface area contributed by atoms with Gasteiger partial charge in [0.05, 0.1) is 16.7 Å². The lowest BCUT2D eigenvalue weighted by Crippen LogP contribution is -2.34. The topological polar surface area (TPSA) is 61.2 Å². The van der Waals surface area contributed by atoms with Crippen LogP contribution in [0.15, 0.2) is 23.1 Å². The molecule has 0 heterocycles. The number of halogens is 1. The average Bonchev–Trinajstić information content (AvgIpc) is 2.33. The molecular formula is C13H15ClN2O2S. The molecule has 1 fully saturated rings. The zero-order chi connectivity index (χ0) is 14.0. The molecule has 0 spiro atoms. The van der Waals surface area contributed by atoms with Crippen molar-refractivity contribution in [3.63, 3.8) is 0 Å². The number of rotatable bonds is 4. The summed E-state index contributed by atoms with van der Waals surface area (Å²) >= 11 is 5.95. The van der Waals surface area contributed by atoms with Crippen LogP contribution in [0.4, 0.5) is 0 Å². The first-order chi connectivity index (χ1) is 8.95. The molecule has 1 aliphatic carbocycles. The fourth-order valence-corrected chi connectivity index (χ4v) is 3.82. The Balaban J connectivity index is 2.30. The highest BCUT2D eigenvalue weighted by Crippen LogP contribution is 2.30. The molecule has 1 aromatic carbocycles. The summed E-state index contributed by atoms with van der Waals surface area (Å²) in [5.41, 5.74) is 0.292. The molecule has 0 amide bonds. The van der Waals surface area contributed by atoms with Gasteiger partial charge in [-0.05, 0) is 37.0 Å². The number of hydrogen-bond acceptors (Lipinski definition) is 3. The molecule has 1 aromatic rings. The summed E-state index contributed by atoms with van der Waals surface area (Å²) in [4.78, 5) is 0.00930. The largest absolute Gasteiger partial charge is 0.244 e. The maximum Gasteiger partial charge on any atom is 0.244 e. The summed E-state index contributed by atoms with van der Waals surface area (Å²) < 4.78 is 26.2. The lowest BCUT2D eigenvalue weighted by molar-refractivity contribution is 0.263. The number of nitriles is 1. The molecular weight excluding hydrogens is 284 g/mol. The van der Waals surface area contributed by atoms with E-state index in [1.165, 1.54) is 28.9 Å². The smallest absolute Gasteiger partial charge is 0.207 e. The normalized spacial score (nSPS) is 16.1. The molecule has 2 rings (SSSR count). The van der Waals surface area contributed by atoms with Crippen LogP contribution in [0.1, 0.15) is 24.8 Å². The Morgan fingerprint density at radius 2 is 2.16 bits per heavy atom. The van der Waals surface area contributed by atoms with E-state index in [2.05, 4.69) is 0 Å². The second kappa shape index (κ2) is 5.49. The van der Waals surface area contributed by atoms with Crippen molar-refractivity contribution >= 4 is 21.6 Å². The van der Waals surface area contributed by atoms with Crippen LogP contribution in [0.3, 0.4) is 0 Å². The van der Waals surface area contributed by atoms with Gasteiger partial charge in [-0.15, -0.1) is 0 Å². The first-order valence-electron chi connectivity index (χ1n) is 6.11. The number of hydrogen-bond donors (Lipinski definition) is 0. The minimum atomic E-state index is -3.62. The third-order valence-electron chi connectivity index (χ3n) is 3.49. The van der Waals surface area contributed by atoms with Crippen LogP contribution in [0.5, 0.6) is 0 Å². The standard InChI is InChI=1S/C13H15ClN2O2S/c1-16(9-10-3-2-4-10)19(17,18)13-7-11(8-15)5-6-12(13)14/h5-7,10H,2-4,9H2,1H3. The third kappa shape index (κ3) is 2.92. The summed E-state index contributed by atoms with van der Waals surface area (Å²) in [5.74, 6) is 0.442. The van der Waals surface area contributed by atoms with Crippen molar-refractivity contribution in [2.75, 3.05) is 13.6 Å². The van der Waals surface area contributed by atoms with Crippen LogP contribution >= 0.6 is 11.6 Å². The molecule has 0 aromatic heterocycles. The Labute approximate surface area is 118 Å². The van der Waals surface area contributed by atoms with E-state index in [1.807, 2.05) is 6.07 Å². The van der Waals surface area contributed by atoms with Crippen LogP contribution in [-0.2, 0) is 10.0 Å². The van der Waals surface area contributed by atoms with Crippen molar-refractivity contribution in [2.45, 2.75) is 24.2 Å². The highest BCUT2D eigenvalue weighted by atomic mass is 35.5. The quantitative estimate of drug-likeness (QED) is 0.858. The maximum atomic E-state index is 12.4. The molecule has 4 nitrogen and oxygen atoms in total. The second-order valence-corrected chi connectivity index (χ2v) is 7.26. The lowest BCUT2D eigenvalue weighted by Gasteiger charge is -2.29. The fraction of sp³-hybridized carbons (Fsp3) is 0.462. The van der Waals surface area contributed by atoms with Crippen molar-refractivity contribution in [1.82, 2.24) is 4.31 Å². The minimum absolute atomic E-state index is 0.00930. The van der Waals surface area contributed by atoms with Crippen LogP contribution in [-0.4, -0.2) is 26.3 Å². The molecule has 0 saturated heterocycles.